The van der Waals surface area contributed by atoms with E-state index >= 15 is 0 Å². The number of rotatable bonds is 0. The maximum atomic E-state index is 8.56. The van der Waals surface area contributed by atoms with Crippen LogP contribution in [0.2, 0.25) is 0 Å². The average Bonchev–Trinajstić information content (AvgIpc) is 2.50. The molecule has 52 valence electrons. The molecule has 0 radical (unpaired) electrons. The second kappa shape index (κ2) is 2.02. The zero-order valence-corrected chi connectivity index (χ0v) is 5.44. The molecule has 0 aliphatic rings. The fraction of sp³-hybridized carbons (Fsp3) is 0. The lowest BCUT2D eigenvalue weighted by molar-refractivity contribution is 0.958. The molecule has 2 rings (SSSR count). The summed E-state index contributed by atoms with van der Waals surface area (Å²) in [5.41, 5.74) is 1.56. The number of nitrogens with zero attached hydrogens (tertiary/aromatic N) is 4. The van der Waals surface area contributed by atoms with Gasteiger partial charge in [-0.3, -0.25) is 5.10 Å². The minimum atomic E-state index is 0.302. The summed E-state index contributed by atoms with van der Waals surface area (Å²) in [6, 6.07) is 3.64. The van der Waals surface area contributed by atoms with Crippen molar-refractivity contribution in [3.63, 3.8) is 0 Å². The summed E-state index contributed by atoms with van der Waals surface area (Å²) in [6.45, 7) is 0. The van der Waals surface area contributed by atoms with Gasteiger partial charge in [-0.15, -0.1) is 5.10 Å². The normalized spacial score (nSPS) is 9.73. The quantitative estimate of drug-likeness (QED) is 0.575. The van der Waals surface area contributed by atoms with E-state index < -0.39 is 0 Å². The Hall–Kier alpha value is -1.96. The van der Waals surface area contributed by atoms with Crippen LogP contribution in [-0.4, -0.2) is 20.4 Å². The molecule has 2 aromatic rings. The van der Waals surface area contributed by atoms with E-state index in [2.05, 4.69) is 20.4 Å². The second-order valence-corrected chi connectivity index (χ2v) is 1.98. The number of nitrogens with one attached hydrogen (secondary N) is 1. The third kappa shape index (κ3) is 0.730. The molecule has 0 atom stereocenters. The van der Waals surface area contributed by atoms with Gasteiger partial charge in [0.15, 0.2) is 5.69 Å². The highest BCUT2D eigenvalue weighted by Crippen LogP contribution is 2.08. The van der Waals surface area contributed by atoms with Crippen LogP contribution in [0.4, 0.5) is 0 Å². The van der Waals surface area contributed by atoms with Gasteiger partial charge in [-0.1, -0.05) is 5.21 Å². The van der Waals surface area contributed by atoms with E-state index in [4.69, 9.17) is 5.26 Å². The maximum absolute atomic E-state index is 8.56. The minimum Gasteiger partial charge on any atom is -0.257 e. The number of fused-ring (bicyclic) bond motifs is 1. The molecule has 0 aromatic carbocycles. The topological polar surface area (TPSA) is 78.2 Å². The van der Waals surface area contributed by atoms with Crippen molar-refractivity contribution in [2.24, 2.45) is 0 Å². The smallest absolute Gasteiger partial charge is 0.170 e. The van der Waals surface area contributed by atoms with Gasteiger partial charge in [0.05, 0.1) is 5.52 Å². The lowest BCUT2D eigenvalue weighted by Crippen LogP contribution is -1.82. The van der Waals surface area contributed by atoms with Gasteiger partial charge >= 0.3 is 0 Å². The Labute approximate surface area is 61.7 Å². The average molecular weight is 145 g/mol. The summed E-state index contributed by atoms with van der Waals surface area (Å²) in [4.78, 5) is 3.81. The van der Waals surface area contributed by atoms with E-state index in [0.29, 0.717) is 11.2 Å². The standard InChI is InChI=1S/C6H3N5/c7-3-5-6-4(1-2-8-5)9-11-10-6/h1-2H,(H,9,10,11). The minimum absolute atomic E-state index is 0.302. The van der Waals surface area contributed by atoms with Crippen LogP contribution in [-0.2, 0) is 0 Å². The lowest BCUT2D eigenvalue weighted by atomic mass is 10.3. The number of aromatic nitrogens is 4. The molecule has 11 heavy (non-hydrogen) atoms. The van der Waals surface area contributed by atoms with Gasteiger partial charge in [0, 0.05) is 6.20 Å². The van der Waals surface area contributed by atoms with E-state index in [1.165, 1.54) is 0 Å². The molecular weight excluding hydrogens is 142 g/mol. The number of hydrogen-bond donors (Lipinski definition) is 1. The molecule has 0 aliphatic heterocycles. The molecular formula is C6H3N5. The molecule has 2 aromatic heterocycles. The summed E-state index contributed by atoms with van der Waals surface area (Å²) >= 11 is 0. The molecule has 5 nitrogen and oxygen atoms in total. The van der Waals surface area contributed by atoms with Gasteiger partial charge < -0.3 is 0 Å². The van der Waals surface area contributed by atoms with Crippen LogP contribution < -0.4 is 0 Å². The molecule has 0 unspecified atom stereocenters. The molecule has 5 heteroatoms. The zero-order valence-electron chi connectivity index (χ0n) is 5.44. The Bertz CT molecular complexity index is 424. The Kier molecular flexibility index (Phi) is 1.07. The van der Waals surface area contributed by atoms with Crippen LogP contribution in [0.15, 0.2) is 12.3 Å². The SMILES string of the molecule is N#Cc1nccc2[nH]nnc12. The molecule has 0 spiro atoms. The van der Waals surface area contributed by atoms with Gasteiger partial charge in [0.1, 0.15) is 11.6 Å². The highest BCUT2D eigenvalue weighted by atomic mass is 15.3. The molecule has 0 aliphatic carbocycles. The predicted molar refractivity (Wildman–Crippen MR) is 36.4 cm³/mol. The van der Waals surface area contributed by atoms with Gasteiger partial charge in [-0.2, -0.15) is 5.26 Å². The lowest BCUT2D eigenvalue weighted by Gasteiger charge is -1.85. The Morgan fingerprint density at radius 2 is 2.45 bits per heavy atom. The number of aromatic amines is 1. The van der Waals surface area contributed by atoms with Gasteiger partial charge in [0.25, 0.3) is 0 Å². The second-order valence-electron chi connectivity index (χ2n) is 1.98. The van der Waals surface area contributed by atoms with Crippen LogP contribution >= 0.6 is 0 Å². The zero-order chi connectivity index (χ0) is 7.68. The molecule has 0 fully saturated rings. The predicted octanol–water partition coefficient (Wildman–Crippen LogP) is 0.225. The van der Waals surface area contributed by atoms with Gasteiger partial charge in [0.2, 0.25) is 0 Å². The Balaban J connectivity index is 2.92. The van der Waals surface area contributed by atoms with Crippen molar-refractivity contribution < 1.29 is 0 Å². The van der Waals surface area contributed by atoms with E-state index in [1.807, 2.05) is 6.07 Å². The van der Waals surface area contributed by atoms with E-state index in [0.717, 1.165) is 5.52 Å². The number of pyridine rings is 1. The Morgan fingerprint density at radius 3 is 3.27 bits per heavy atom. The van der Waals surface area contributed by atoms with Crippen LogP contribution in [0.1, 0.15) is 5.69 Å². The third-order valence-electron chi connectivity index (χ3n) is 1.35. The summed E-state index contributed by atoms with van der Waals surface area (Å²) in [5.74, 6) is 0. The summed E-state index contributed by atoms with van der Waals surface area (Å²) in [7, 11) is 0. The van der Waals surface area contributed by atoms with Crippen LogP contribution in [0.25, 0.3) is 11.0 Å². The highest BCUT2D eigenvalue weighted by Gasteiger charge is 2.02. The molecule has 0 saturated heterocycles. The van der Waals surface area contributed by atoms with Crippen molar-refractivity contribution in [1.82, 2.24) is 20.4 Å². The molecule has 0 amide bonds. The maximum Gasteiger partial charge on any atom is 0.170 e. The monoisotopic (exact) mass is 145 g/mol. The summed E-state index contributed by atoms with van der Waals surface area (Å²) < 4.78 is 0. The number of hydrogen-bond acceptors (Lipinski definition) is 4. The van der Waals surface area contributed by atoms with Crippen molar-refractivity contribution >= 4 is 11.0 Å². The first kappa shape index (κ1) is 5.80. The van der Waals surface area contributed by atoms with Crippen LogP contribution in [0, 0.1) is 11.3 Å². The first-order valence-electron chi connectivity index (χ1n) is 2.97. The largest absolute Gasteiger partial charge is 0.257 e. The molecule has 2 heterocycles. The number of nitriles is 1. The van der Waals surface area contributed by atoms with Crippen molar-refractivity contribution in [1.29, 1.82) is 5.26 Å². The first-order valence-corrected chi connectivity index (χ1v) is 2.97. The van der Waals surface area contributed by atoms with E-state index in [-0.39, 0.29) is 0 Å². The van der Waals surface area contributed by atoms with Crippen molar-refractivity contribution in [3.8, 4) is 6.07 Å². The summed E-state index contributed by atoms with van der Waals surface area (Å²) in [5, 5.41) is 18.4. The molecule has 0 saturated carbocycles. The van der Waals surface area contributed by atoms with Crippen molar-refractivity contribution in [3.05, 3.63) is 18.0 Å². The van der Waals surface area contributed by atoms with Crippen LogP contribution in [0.3, 0.4) is 0 Å². The van der Waals surface area contributed by atoms with E-state index in [9.17, 15) is 0 Å². The summed E-state index contributed by atoms with van der Waals surface area (Å²) in [6.07, 6.45) is 1.54. The number of H-pyrrole nitrogens is 1. The Morgan fingerprint density at radius 1 is 1.55 bits per heavy atom. The van der Waals surface area contributed by atoms with E-state index in [1.54, 1.807) is 12.3 Å². The van der Waals surface area contributed by atoms with Crippen LogP contribution in [0.5, 0.6) is 0 Å². The van der Waals surface area contributed by atoms with Crippen molar-refractivity contribution in [2.75, 3.05) is 0 Å². The molecule has 0 bridgehead atoms. The van der Waals surface area contributed by atoms with Gasteiger partial charge in [-0.25, -0.2) is 4.98 Å². The fourth-order valence-electron chi connectivity index (χ4n) is 0.856. The highest BCUT2D eigenvalue weighted by molar-refractivity contribution is 5.77. The molecule has 1 N–H and O–H groups in total. The fourth-order valence-corrected chi connectivity index (χ4v) is 0.856. The van der Waals surface area contributed by atoms with Crippen molar-refractivity contribution in [2.45, 2.75) is 0 Å². The van der Waals surface area contributed by atoms with Gasteiger partial charge in [-0.05, 0) is 6.07 Å². The first-order chi connectivity index (χ1) is 5.42. The third-order valence-corrected chi connectivity index (χ3v) is 1.35.